The van der Waals surface area contributed by atoms with E-state index < -0.39 is 0 Å². The van der Waals surface area contributed by atoms with E-state index in [4.69, 9.17) is 4.42 Å². The Labute approximate surface area is 105 Å². The number of benzene rings is 1. The number of rotatable bonds is 3. The smallest absolute Gasteiger partial charge is 0.0955 e. The van der Waals surface area contributed by atoms with Gasteiger partial charge in [-0.15, -0.1) is 0 Å². The minimum Gasteiger partial charge on any atom is -0.472 e. The molecule has 0 radical (unpaired) electrons. The van der Waals surface area contributed by atoms with Crippen molar-refractivity contribution in [1.82, 2.24) is 9.97 Å². The van der Waals surface area contributed by atoms with Crippen molar-refractivity contribution in [3.63, 3.8) is 0 Å². The maximum atomic E-state index is 5.08. The summed E-state index contributed by atoms with van der Waals surface area (Å²) >= 11 is 0. The Morgan fingerprint density at radius 3 is 2.72 bits per heavy atom. The van der Waals surface area contributed by atoms with Crippen LogP contribution in [0.25, 0.3) is 11.0 Å². The second kappa shape index (κ2) is 4.49. The molecular weight excluding hydrogens is 226 g/mol. The van der Waals surface area contributed by atoms with Crippen LogP contribution >= 0.6 is 0 Å². The molecule has 1 N–H and O–H groups in total. The van der Waals surface area contributed by atoms with Crippen LogP contribution in [0.4, 0.5) is 5.69 Å². The zero-order valence-electron chi connectivity index (χ0n) is 10.00. The molecule has 0 saturated carbocycles. The molecule has 3 aromatic rings. The number of fused-ring (bicyclic) bond motifs is 1. The van der Waals surface area contributed by atoms with E-state index in [0.717, 1.165) is 22.3 Å². The van der Waals surface area contributed by atoms with E-state index in [1.54, 1.807) is 24.9 Å². The summed E-state index contributed by atoms with van der Waals surface area (Å²) in [6.07, 6.45) is 6.83. The SMILES string of the molecule is CC(Nc1ccc2nccnc2c1)c1ccoc1. The lowest BCUT2D eigenvalue weighted by Gasteiger charge is -2.13. The van der Waals surface area contributed by atoms with Gasteiger partial charge in [-0.3, -0.25) is 9.97 Å². The van der Waals surface area contributed by atoms with Gasteiger partial charge in [0.05, 0.1) is 29.6 Å². The van der Waals surface area contributed by atoms with Gasteiger partial charge in [-0.25, -0.2) is 0 Å². The van der Waals surface area contributed by atoms with Crippen molar-refractivity contribution in [3.05, 3.63) is 54.7 Å². The van der Waals surface area contributed by atoms with Gasteiger partial charge in [-0.05, 0) is 31.2 Å². The van der Waals surface area contributed by atoms with Gasteiger partial charge in [-0.1, -0.05) is 0 Å². The average molecular weight is 239 g/mol. The lowest BCUT2D eigenvalue weighted by atomic mass is 10.1. The fraction of sp³-hybridized carbons (Fsp3) is 0.143. The van der Waals surface area contributed by atoms with E-state index in [9.17, 15) is 0 Å². The minimum atomic E-state index is 0.192. The zero-order chi connectivity index (χ0) is 12.4. The van der Waals surface area contributed by atoms with Gasteiger partial charge in [0.1, 0.15) is 0 Å². The highest BCUT2D eigenvalue weighted by molar-refractivity contribution is 5.78. The van der Waals surface area contributed by atoms with Gasteiger partial charge in [-0.2, -0.15) is 0 Å². The minimum absolute atomic E-state index is 0.192. The molecule has 0 aliphatic rings. The number of hydrogen-bond donors (Lipinski definition) is 1. The number of nitrogens with one attached hydrogen (secondary N) is 1. The summed E-state index contributed by atoms with van der Waals surface area (Å²) in [5.41, 5.74) is 3.94. The molecule has 0 aliphatic heterocycles. The van der Waals surface area contributed by atoms with Crippen LogP contribution in [0.2, 0.25) is 0 Å². The zero-order valence-corrected chi connectivity index (χ0v) is 10.00. The predicted octanol–water partition coefficient (Wildman–Crippen LogP) is 3.40. The lowest BCUT2D eigenvalue weighted by Crippen LogP contribution is -2.05. The molecule has 2 heterocycles. The first-order valence-electron chi connectivity index (χ1n) is 5.82. The summed E-state index contributed by atoms with van der Waals surface area (Å²) in [4.78, 5) is 8.54. The van der Waals surface area contributed by atoms with Crippen LogP contribution in [0.3, 0.4) is 0 Å². The van der Waals surface area contributed by atoms with Gasteiger partial charge >= 0.3 is 0 Å². The second-order valence-corrected chi connectivity index (χ2v) is 4.18. The highest BCUT2D eigenvalue weighted by Crippen LogP contribution is 2.21. The van der Waals surface area contributed by atoms with Crippen LogP contribution in [0.1, 0.15) is 18.5 Å². The molecule has 90 valence electrons. The molecule has 0 amide bonds. The molecule has 1 unspecified atom stereocenters. The van der Waals surface area contributed by atoms with Crippen LogP contribution in [-0.2, 0) is 0 Å². The van der Waals surface area contributed by atoms with E-state index in [0.29, 0.717) is 0 Å². The number of aromatic nitrogens is 2. The molecule has 1 aromatic carbocycles. The van der Waals surface area contributed by atoms with Crippen LogP contribution in [-0.4, -0.2) is 9.97 Å². The molecule has 0 aliphatic carbocycles. The molecule has 0 bridgehead atoms. The molecule has 1 atom stereocenters. The first kappa shape index (κ1) is 10.8. The first-order valence-corrected chi connectivity index (χ1v) is 5.82. The van der Waals surface area contributed by atoms with Crippen molar-refractivity contribution >= 4 is 16.7 Å². The molecule has 4 heteroatoms. The topological polar surface area (TPSA) is 51.0 Å². The third kappa shape index (κ3) is 2.05. The van der Waals surface area contributed by atoms with Crippen molar-refractivity contribution in [1.29, 1.82) is 0 Å². The highest BCUT2D eigenvalue weighted by atomic mass is 16.3. The average Bonchev–Trinajstić information content (AvgIpc) is 2.92. The monoisotopic (exact) mass is 239 g/mol. The number of hydrogen-bond acceptors (Lipinski definition) is 4. The van der Waals surface area contributed by atoms with Crippen molar-refractivity contribution in [3.8, 4) is 0 Å². The van der Waals surface area contributed by atoms with Crippen molar-refractivity contribution < 1.29 is 4.42 Å². The Hall–Kier alpha value is -2.36. The number of nitrogens with zero attached hydrogens (tertiary/aromatic N) is 2. The number of furan rings is 1. The summed E-state index contributed by atoms with van der Waals surface area (Å²) in [7, 11) is 0. The van der Waals surface area contributed by atoms with E-state index in [-0.39, 0.29) is 6.04 Å². The Kier molecular flexibility index (Phi) is 2.68. The Morgan fingerprint density at radius 1 is 1.11 bits per heavy atom. The van der Waals surface area contributed by atoms with Crippen LogP contribution in [0, 0.1) is 0 Å². The van der Waals surface area contributed by atoms with E-state index in [2.05, 4.69) is 22.2 Å². The van der Waals surface area contributed by atoms with E-state index in [1.807, 2.05) is 24.3 Å². The summed E-state index contributed by atoms with van der Waals surface area (Å²) in [5.74, 6) is 0. The fourth-order valence-electron chi connectivity index (χ4n) is 1.91. The normalized spacial score (nSPS) is 12.5. The van der Waals surface area contributed by atoms with Gasteiger partial charge in [0.2, 0.25) is 0 Å². The third-order valence-corrected chi connectivity index (χ3v) is 2.90. The second-order valence-electron chi connectivity index (χ2n) is 4.18. The van der Waals surface area contributed by atoms with E-state index >= 15 is 0 Å². The summed E-state index contributed by atoms with van der Waals surface area (Å²) < 4.78 is 5.08. The van der Waals surface area contributed by atoms with E-state index in [1.165, 1.54) is 0 Å². The molecular formula is C14H13N3O. The van der Waals surface area contributed by atoms with Crippen molar-refractivity contribution in [2.45, 2.75) is 13.0 Å². The van der Waals surface area contributed by atoms with Crippen LogP contribution < -0.4 is 5.32 Å². The summed E-state index contributed by atoms with van der Waals surface area (Å²) in [5, 5.41) is 3.41. The van der Waals surface area contributed by atoms with Gasteiger partial charge in [0.15, 0.2) is 0 Å². The van der Waals surface area contributed by atoms with Crippen LogP contribution in [0.15, 0.2) is 53.6 Å². The summed E-state index contributed by atoms with van der Waals surface area (Å²) in [6, 6.07) is 8.12. The molecule has 0 saturated heterocycles. The Bertz CT molecular complexity index is 649. The van der Waals surface area contributed by atoms with Gasteiger partial charge < -0.3 is 9.73 Å². The first-order chi connectivity index (χ1) is 8.83. The standard InChI is InChI=1S/C14H13N3O/c1-10(11-4-7-18-9-11)17-12-2-3-13-14(8-12)16-6-5-15-13/h2-10,17H,1H3. The molecule has 2 aromatic heterocycles. The lowest BCUT2D eigenvalue weighted by molar-refractivity contribution is 0.562. The molecule has 3 rings (SSSR count). The predicted molar refractivity (Wildman–Crippen MR) is 70.3 cm³/mol. The Balaban J connectivity index is 1.86. The van der Waals surface area contributed by atoms with Crippen molar-refractivity contribution in [2.24, 2.45) is 0 Å². The quantitative estimate of drug-likeness (QED) is 0.761. The van der Waals surface area contributed by atoms with Gasteiger partial charge in [0, 0.05) is 23.6 Å². The molecule has 18 heavy (non-hydrogen) atoms. The maximum absolute atomic E-state index is 5.08. The third-order valence-electron chi connectivity index (χ3n) is 2.90. The summed E-state index contributed by atoms with van der Waals surface area (Å²) in [6.45, 7) is 2.09. The van der Waals surface area contributed by atoms with Crippen molar-refractivity contribution in [2.75, 3.05) is 5.32 Å². The van der Waals surface area contributed by atoms with Crippen LogP contribution in [0.5, 0.6) is 0 Å². The van der Waals surface area contributed by atoms with Gasteiger partial charge in [0.25, 0.3) is 0 Å². The largest absolute Gasteiger partial charge is 0.472 e. The Morgan fingerprint density at radius 2 is 1.94 bits per heavy atom. The fourth-order valence-corrected chi connectivity index (χ4v) is 1.91. The highest BCUT2D eigenvalue weighted by Gasteiger charge is 2.06. The molecule has 0 fully saturated rings. The number of anilines is 1. The molecule has 4 nitrogen and oxygen atoms in total. The molecule has 0 spiro atoms. The maximum Gasteiger partial charge on any atom is 0.0955 e.